The van der Waals surface area contributed by atoms with E-state index < -0.39 is 5.97 Å². The average molecular weight is 260 g/mol. The Morgan fingerprint density at radius 2 is 2.00 bits per heavy atom. The number of hydrogen-bond acceptors (Lipinski definition) is 3. The normalized spacial score (nSPS) is 14.8. The second-order valence-electron chi connectivity index (χ2n) is 4.46. The molecule has 0 unspecified atom stereocenters. The van der Waals surface area contributed by atoms with E-state index in [9.17, 15) is 4.79 Å². The van der Waals surface area contributed by atoms with E-state index in [0.29, 0.717) is 11.3 Å². The van der Waals surface area contributed by atoms with E-state index in [4.69, 9.17) is 10.3 Å². The highest BCUT2D eigenvalue weighted by Gasteiger charge is 2.28. The zero-order valence-corrected chi connectivity index (χ0v) is 10.8. The van der Waals surface area contributed by atoms with Crippen LogP contribution >= 0.6 is 0 Å². The van der Waals surface area contributed by atoms with Crippen LogP contribution in [0.2, 0.25) is 0 Å². The molecule has 0 aromatic heterocycles. The molecule has 0 bridgehead atoms. The summed E-state index contributed by atoms with van der Waals surface area (Å²) in [4.78, 5) is 14.6. The van der Waals surface area contributed by atoms with Gasteiger partial charge in [0, 0.05) is 0 Å². The molecule has 1 aliphatic carbocycles. The van der Waals surface area contributed by atoms with Crippen molar-refractivity contribution >= 4 is 11.7 Å². The smallest absolute Gasteiger partial charge is 0.422 e. The summed E-state index contributed by atoms with van der Waals surface area (Å²) in [6.45, 7) is 0. The molecule has 0 atom stereocenters. The molecule has 2 rings (SSSR count). The number of esters is 1. The van der Waals surface area contributed by atoms with Crippen LogP contribution < -0.4 is 4.74 Å². The Hall–Kier alpha value is -2.13. The number of para-hydroxylation sites is 1. The van der Waals surface area contributed by atoms with E-state index in [1.807, 2.05) is 6.07 Å². The fraction of sp³-hybridized carbons (Fsp3) is 0.429. The molecule has 1 aromatic rings. The van der Waals surface area contributed by atoms with Crippen molar-refractivity contribution in [1.82, 2.24) is 0 Å². The lowest BCUT2D eigenvalue weighted by atomic mass is 10.1. The molecule has 1 saturated carbocycles. The van der Waals surface area contributed by atoms with Gasteiger partial charge in [-0.3, -0.25) is 0 Å². The van der Waals surface area contributed by atoms with Crippen LogP contribution in [-0.2, 0) is 9.53 Å². The molecule has 5 heteroatoms. The zero-order valence-electron chi connectivity index (χ0n) is 10.8. The van der Waals surface area contributed by atoms with E-state index in [1.165, 1.54) is 7.11 Å². The molecule has 0 spiro atoms. The van der Waals surface area contributed by atoms with E-state index in [-0.39, 0.29) is 11.8 Å². The van der Waals surface area contributed by atoms with Gasteiger partial charge < -0.3 is 15.0 Å². The van der Waals surface area contributed by atoms with Crippen molar-refractivity contribution in [2.75, 3.05) is 7.11 Å². The van der Waals surface area contributed by atoms with Gasteiger partial charge in [-0.2, -0.15) is 4.79 Å². The topological polar surface area (TPSA) is 71.9 Å². The first-order valence-electron chi connectivity index (χ1n) is 6.32. The summed E-state index contributed by atoms with van der Waals surface area (Å²) < 4.78 is 10.5. The first-order chi connectivity index (χ1) is 9.26. The van der Waals surface area contributed by atoms with Crippen molar-refractivity contribution in [1.29, 1.82) is 0 Å². The van der Waals surface area contributed by atoms with Crippen molar-refractivity contribution in [3.63, 3.8) is 0 Å². The molecule has 1 aliphatic rings. The number of hydrogen-bond donors (Lipinski definition) is 0. The fourth-order valence-corrected chi connectivity index (χ4v) is 2.25. The number of rotatable bonds is 4. The summed E-state index contributed by atoms with van der Waals surface area (Å²) in [6, 6.07) is 7.02. The molecule has 0 radical (unpaired) electrons. The maximum Gasteiger partial charge on any atom is 0.422 e. The number of nitrogens with zero attached hydrogens (tertiary/aromatic N) is 2. The highest BCUT2D eigenvalue weighted by molar-refractivity contribution is 6.41. The van der Waals surface area contributed by atoms with E-state index in [0.717, 1.165) is 25.7 Å². The maximum absolute atomic E-state index is 11.6. The fourth-order valence-electron chi connectivity index (χ4n) is 2.25. The largest absolute Gasteiger partial charge is 0.489 e. The molecular weight excluding hydrogens is 244 g/mol. The van der Waals surface area contributed by atoms with Gasteiger partial charge >= 0.3 is 11.7 Å². The van der Waals surface area contributed by atoms with Crippen molar-refractivity contribution in [2.45, 2.75) is 31.8 Å². The Morgan fingerprint density at radius 1 is 1.32 bits per heavy atom. The Bertz CT molecular complexity index is 515. The summed E-state index contributed by atoms with van der Waals surface area (Å²) in [7, 11) is 1.24. The van der Waals surface area contributed by atoms with Crippen LogP contribution in [0, 0.1) is 0 Å². The number of methoxy groups -OCH3 is 1. The predicted octanol–water partition coefficient (Wildman–Crippen LogP) is 2.20. The minimum Gasteiger partial charge on any atom is -0.489 e. The Balaban J connectivity index is 2.29. The minimum absolute atomic E-state index is 0.143. The van der Waals surface area contributed by atoms with Crippen molar-refractivity contribution in [3.8, 4) is 5.75 Å². The monoisotopic (exact) mass is 260 g/mol. The third-order valence-electron chi connectivity index (χ3n) is 3.22. The molecule has 0 heterocycles. The van der Waals surface area contributed by atoms with Gasteiger partial charge in [0.2, 0.25) is 0 Å². The lowest BCUT2D eigenvalue weighted by Gasteiger charge is -2.14. The highest BCUT2D eigenvalue weighted by Crippen LogP contribution is 2.26. The molecule has 1 aromatic carbocycles. The quantitative estimate of drug-likeness (QED) is 0.360. The van der Waals surface area contributed by atoms with E-state index in [2.05, 4.69) is 9.53 Å². The van der Waals surface area contributed by atoms with Gasteiger partial charge in [0.25, 0.3) is 0 Å². The van der Waals surface area contributed by atoms with Gasteiger partial charge in [-0.25, -0.2) is 4.79 Å². The minimum atomic E-state index is -0.690. The Kier molecular flexibility index (Phi) is 4.31. The lowest BCUT2D eigenvalue weighted by molar-refractivity contribution is -0.137. The molecule has 0 saturated heterocycles. The van der Waals surface area contributed by atoms with E-state index in [1.54, 1.807) is 18.2 Å². The van der Waals surface area contributed by atoms with Gasteiger partial charge in [0.15, 0.2) is 0 Å². The molecule has 5 nitrogen and oxygen atoms in total. The van der Waals surface area contributed by atoms with Crippen LogP contribution in [0.1, 0.15) is 31.2 Å². The second-order valence-corrected chi connectivity index (χ2v) is 4.46. The molecule has 0 aliphatic heterocycles. The number of benzene rings is 1. The third kappa shape index (κ3) is 3.01. The Labute approximate surface area is 111 Å². The lowest BCUT2D eigenvalue weighted by Crippen LogP contribution is -2.21. The van der Waals surface area contributed by atoms with Crippen LogP contribution in [0.5, 0.6) is 5.75 Å². The number of ether oxygens (including phenoxy) is 2. The number of carbonyl (C=O) groups excluding carboxylic acids is 1. The second kappa shape index (κ2) is 6.16. The predicted molar refractivity (Wildman–Crippen MR) is 69.1 cm³/mol. The van der Waals surface area contributed by atoms with Crippen LogP contribution in [0.25, 0.3) is 5.53 Å². The first kappa shape index (κ1) is 13.3. The van der Waals surface area contributed by atoms with E-state index >= 15 is 0 Å². The standard InChI is InChI=1S/C14H16N2O3/c1-18-14(17)13(16-15)11-8-4-5-9-12(11)19-10-6-2-3-7-10/h4-5,8-10H,2-3,6-7H2,1H3. The third-order valence-corrected chi connectivity index (χ3v) is 3.22. The highest BCUT2D eigenvalue weighted by atomic mass is 16.5. The van der Waals surface area contributed by atoms with Gasteiger partial charge in [0.05, 0.1) is 13.2 Å². The SMILES string of the molecule is COC(=O)C(=[N+]=[N-])c1ccccc1OC1CCCC1. The molecule has 0 N–H and O–H groups in total. The molecule has 19 heavy (non-hydrogen) atoms. The summed E-state index contributed by atoms with van der Waals surface area (Å²) >= 11 is 0. The zero-order chi connectivity index (χ0) is 13.7. The van der Waals surface area contributed by atoms with Gasteiger partial charge in [-0.1, -0.05) is 12.1 Å². The van der Waals surface area contributed by atoms with Crippen molar-refractivity contribution in [3.05, 3.63) is 35.4 Å². The summed E-state index contributed by atoms with van der Waals surface area (Å²) in [5.74, 6) is -0.141. The van der Waals surface area contributed by atoms with Crippen LogP contribution in [-0.4, -0.2) is 29.7 Å². The van der Waals surface area contributed by atoms with Gasteiger partial charge in [-0.05, 0) is 37.8 Å². The first-order valence-corrected chi connectivity index (χ1v) is 6.32. The van der Waals surface area contributed by atoms with Crippen LogP contribution in [0.15, 0.2) is 24.3 Å². The van der Waals surface area contributed by atoms with Crippen molar-refractivity contribution in [2.24, 2.45) is 0 Å². The van der Waals surface area contributed by atoms with Crippen molar-refractivity contribution < 1.29 is 19.1 Å². The average Bonchev–Trinajstić information content (AvgIpc) is 2.94. The van der Waals surface area contributed by atoms with Crippen LogP contribution in [0.4, 0.5) is 0 Å². The van der Waals surface area contributed by atoms with Gasteiger partial charge in [-0.15, -0.1) is 0 Å². The summed E-state index contributed by atoms with van der Waals surface area (Å²) in [6.07, 6.45) is 4.50. The molecule has 0 amide bonds. The summed E-state index contributed by atoms with van der Waals surface area (Å²) in [5.41, 5.74) is 9.30. The number of carbonyl (C=O) groups is 1. The molecule has 1 fully saturated rings. The summed E-state index contributed by atoms with van der Waals surface area (Å²) in [5, 5.41) is 0. The van der Waals surface area contributed by atoms with Crippen LogP contribution in [0.3, 0.4) is 0 Å². The maximum atomic E-state index is 11.6. The Morgan fingerprint density at radius 3 is 2.63 bits per heavy atom. The molecular formula is C14H16N2O3. The molecule has 100 valence electrons. The van der Waals surface area contributed by atoms with Gasteiger partial charge in [0.1, 0.15) is 11.3 Å².